The summed E-state index contributed by atoms with van der Waals surface area (Å²) in [5.74, 6) is -0.785. The lowest BCUT2D eigenvalue weighted by molar-refractivity contribution is 0.101. The van der Waals surface area contributed by atoms with E-state index in [-0.39, 0.29) is 11.2 Å². The molecule has 0 saturated carbocycles. The van der Waals surface area contributed by atoms with Gasteiger partial charge in [-0.2, -0.15) is 0 Å². The van der Waals surface area contributed by atoms with Crippen LogP contribution in [-0.2, 0) is 7.05 Å². The van der Waals surface area contributed by atoms with Gasteiger partial charge in [0.15, 0.2) is 5.78 Å². The molecule has 1 heterocycles. The molecule has 2 rings (SSSR count). The van der Waals surface area contributed by atoms with Crippen molar-refractivity contribution < 1.29 is 9.18 Å². The van der Waals surface area contributed by atoms with E-state index in [1.807, 2.05) is 0 Å². The molecule has 0 amide bonds. The third-order valence-electron chi connectivity index (χ3n) is 2.54. The monoisotopic (exact) mass is 219 g/mol. The van der Waals surface area contributed by atoms with Gasteiger partial charge in [0.25, 0.3) is 5.56 Å². The van der Waals surface area contributed by atoms with Crippen LogP contribution in [0.2, 0.25) is 0 Å². The molecule has 4 heteroatoms. The van der Waals surface area contributed by atoms with Crippen LogP contribution in [0.15, 0.2) is 29.2 Å². The second-order valence-corrected chi connectivity index (χ2v) is 3.68. The number of fused-ring (bicyclic) bond motifs is 1. The number of aryl methyl sites for hydroxylation is 1. The van der Waals surface area contributed by atoms with Gasteiger partial charge in [-0.15, -0.1) is 0 Å². The molecule has 2 aromatic rings. The molecule has 0 bridgehead atoms. The van der Waals surface area contributed by atoms with Gasteiger partial charge in [0.05, 0.1) is 5.39 Å². The maximum atomic E-state index is 13.5. The normalized spacial score (nSPS) is 10.7. The summed E-state index contributed by atoms with van der Waals surface area (Å²) in [5.41, 5.74) is -0.0744. The fourth-order valence-electron chi connectivity index (χ4n) is 1.74. The summed E-state index contributed by atoms with van der Waals surface area (Å²) in [7, 11) is 1.50. The summed E-state index contributed by atoms with van der Waals surface area (Å²) in [5, 5.41) is 0.341. The minimum Gasteiger partial charge on any atom is -0.317 e. The van der Waals surface area contributed by atoms with Gasteiger partial charge in [-0.3, -0.25) is 9.59 Å². The zero-order valence-corrected chi connectivity index (χ0v) is 8.95. The van der Waals surface area contributed by atoms with E-state index in [0.717, 1.165) is 0 Å². The van der Waals surface area contributed by atoms with Gasteiger partial charge in [0.1, 0.15) is 5.82 Å². The van der Waals surface area contributed by atoms with E-state index >= 15 is 0 Å². The molecule has 0 atom stereocenters. The molecule has 0 aliphatic heterocycles. The standard InChI is InChI=1S/C12H10FNO2/c1-7(15)9-6-14(2)12(16)11-8(9)4-3-5-10(11)13/h3-6H,1-2H3. The second kappa shape index (κ2) is 3.56. The Morgan fingerprint density at radius 2 is 2.06 bits per heavy atom. The number of pyridine rings is 1. The SMILES string of the molecule is CC(=O)c1cn(C)c(=O)c2c(F)cccc12. The van der Waals surface area contributed by atoms with E-state index in [1.165, 1.54) is 36.9 Å². The van der Waals surface area contributed by atoms with Crippen LogP contribution in [-0.4, -0.2) is 10.4 Å². The molecular formula is C12H10FNO2. The van der Waals surface area contributed by atoms with Crippen LogP contribution >= 0.6 is 0 Å². The maximum absolute atomic E-state index is 13.5. The minimum atomic E-state index is -0.596. The summed E-state index contributed by atoms with van der Waals surface area (Å²) in [4.78, 5) is 23.1. The number of halogens is 1. The van der Waals surface area contributed by atoms with Crippen molar-refractivity contribution in [3.8, 4) is 0 Å². The summed E-state index contributed by atoms with van der Waals surface area (Å²) in [6.07, 6.45) is 1.44. The summed E-state index contributed by atoms with van der Waals surface area (Å²) in [6, 6.07) is 4.29. The van der Waals surface area contributed by atoms with Crippen LogP contribution in [0.25, 0.3) is 10.8 Å². The zero-order chi connectivity index (χ0) is 11.9. The maximum Gasteiger partial charge on any atom is 0.261 e. The average Bonchev–Trinajstić information content (AvgIpc) is 2.22. The van der Waals surface area contributed by atoms with Gasteiger partial charge in [0, 0.05) is 24.2 Å². The third kappa shape index (κ3) is 1.43. The van der Waals surface area contributed by atoms with Crippen LogP contribution in [0.4, 0.5) is 4.39 Å². The molecule has 0 spiro atoms. The van der Waals surface area contributed by atoms with Crippen LogP contribution in [0.5, 0.6) is 0 Å². The Labute approximate surface area is 91.1 Å². The molecule has 3 nitrogen and oxygen atoms in total. The van der Waals surface area contributed by atoms with E-state index in [1.54, 1.807) is 6.07 Å². The Bertz CT molecular complexity index is 643. The Hall–Kier alpha value is -1.97. The van der Waals surface area contributed by atoms with Crippen molar-refractivity contribution in [2.45, 2.75) is 6.92 Å². The predicted molar refractivity (Wildman–Crippen MR) is 59.2 cm³/mol. The van der Waals surface area contributed by atoms with Crippen molar-refractivity contribution in [2.75, 3.05) is 0 Å². The number of hydrogen-bond donors (Lipinski definition) is 0. The first-order valence-electron chi connectivity index (χ1n) is 4.81. The number of aromatic nitrogens is 1. The predicted octanol–water partition coefficient (Wildman–Crippen LogP) is 1.88. The van der Waals surface area contributed by atoms with Crippen LogP contribution < -0.4 is 5.56 Å². The first kappa shape index (κ1) is 10.5. The number of hydrogen-bond acceptors (Lipinski definition) is 2. The molecule has 0 saturated heterocycles. The third-order valence-corrected chi connectivity index (χ3v) is 2.54. The molecule has 0 fully saturated rings. The van der Waals surface area contributed by atoms with E-state index in [2.05, 4.69) is 0 Å². The van der Waals surface area contributed by atoms with Crippen molar-refractivity contribution >= 4 is 16.6 Å². The summed E-state index contributed by atoms with van der Waals surface area (Å²) >= 11 is 0. The highest BCUT2D eigenvalue weighted by atomic mass is 19.1. The van der Waals surface area contributed by atoms with Gasteiger partial charge < -0.3 is 4.57 Å². The van der Waals surface area contributed by atoms with E-state index in [0.29, 0.717) is 10.9 Å². The topological polar surface area (TPSA) is 39.1 Å². The molecule has 82 valence electrons. The molecule has 0 aliphatic carbocycles. The molecule has 0 aliphatic rings. The molecule has 0 radical (unpaired) electrons. The Morgan fingerprint density at radius 3 is 2.69 bits per heavy atom. The fraction of sp³-hybridized carbons (Fsp3) is 0.167. The number of ketones is 1. The van der Waals surface area contributed by atoms with Gasteiger partial charge in [-0.25, -0.2) is 4.39 Å². The fourth-order valence-corrected chi connectivity index (χ4v) is 1.74. The van der Waals surface area contributed by atoms with Crippen molar-refractivity contribution in [3.63, 3.8) is 0 Å². The largest absolute Gasteiger partial charge is 0.317 e. The number of Topliss-reactive ketones (excluding diaryl/α,β-unsaturated/α-hetero) is 1. The number of nitrogens with zero attached hydrogens (tertiary/aromatic N) is 1. The van der Waals surface area contributed by atoms with Crippen LogP contribution in [0.1, 0.15) is 17.3 Å². The Morgan fingerprint density at radius 1 is 1.38 bits per heavy atom. The van der Waals surface area contributed by atoms with Crippen molar-refractivity contribution in [3.05, 3.63) is 46.1 Å². The highest BCUT2D eigenvalue weighted by Gasteiger charge is 2.13. The van der Waals surface area contributed by atoms with Gasteiger partial charge in [-0.1, -0.05) is 12.1 Å². The van der Waals surface area contributed by atoms with E-state index in [9.17, 15) is 14.0 Å². The van der Waals surface area contributed by atoms with Crippen LogP contribution in [0, 0.1) is 5.82 Å². The van der Waals surface area contributed by atoms with Gasteiger partial charge >= 0.3 is 0 Å². The molecule has 1 aromatic carbocycles. The number of benzene rings is 1. The first-order valence-corrected chi connectivity index (χ1v) is 4.81. The molecule has 16 heavy (non-hydrogen) atoms. The Kier molecular flexibility index (Phi) is 2.34. The molecule has 1 aromatic heterocycles. The summed E-state index contributed by atoms with van der Waals surface area (Å²) < 4.78 is 14.8. The molecular weight excluding hydrogens is 209 g/mol. The lowest BCUT2D eigenvalue weighted by Gasteiger charge is -2.06. The molecule has 0 unspecified atom stereocenters. The highest BCUT2D eigenvalue weighted by Crippen LogP contribution is 2.18. The summed E-state index contributed by atoms with van der Waals surface area (Å²) in [6.45, 7) is 1.39. The number of rotatable bonds is 1. The average molecular weight is 219 g/mol. The van der Waals surface area contributed by atoms with Crippen molar-refractivity contribution in [2.24, 2.45) is 7.05 Å². The van der Waals surface area contributed by atoms with Crippen molar-refractivity contribution in [1.82, 2.24) is 4.57 Å². The lowest BCUT2D eigenvalue weighted by atomic mass is 10.0. The van der Waals surface area contributed by atoms with E-state index < -0.39 is 11.4 Å². The van der Waals surface area contributed by atoms with Gasteiger partial charge in [0.2, 0.25) is 0 Å². The second-order valence-electron chi connectivity index (χ2n) is 3.68. The first-order chi connectivity index (χ1) is 7.52. The van der Waals surface area contributed by atoms with Gasteiger partial charge in [-0.05, 0) is 13.0 Å². The lowest BCUT2D eigenvalue weighted by Crippen LogP contribution is -2.19. The van der Waals surface area contributed by atoms with Crippen molar-refractivity contribution in [1.29, 1.82) is 0 Å². The Balaban J connectivity index is 3.07. The van der Waals surface area contributed by atoms with E-state index in [4.69, 9.17) is 0 Å². The quantitative estimate of drug-likeness (QED) is 0.687. The number of carbonyl (C=O) groups excluding carboxylic acids is 1. The zero-order valence-electron chi connectivity index (χ0n) is 8.95. The minimum absolute atomic E-state index is 0.0299. The highest BCUT2D eigenvalue weighted by molar-refractivity contribution is 6.06. The smallest absolute Gasteiger partial charge is 0.261 e. The molecule has 0 N–H and O–H groups in total. The van der Waals surface area contributed by atoms with Crippen LogP contribution in [0.3, 0.4) is 0 Å². The number of carbonyl (C=O) groups is 1.